The zero-order valence-corrected chi connectivity index (χ0v) is 15.5. The van der Waals surface area contributed by atoms with Gasteiger partial charge in [0.2, 0.25) is 0 Å². The van der Waals surface area contributed by atoms with Gasteiger partial charge >= 0.3 is 0 Å². The normalized spacial score (nSPS) is 14.7. The van der Waals surface area contributed by atoms with Crippen LogP contribution in [0.15, 0.2) is 36.7 Å². The first-order valence-corrected chi connectivity index (χ1v) is 9.49. The average molecular weight is 350 g/mol. The van der Waals surface area contributed by atoms with Gasteiger partial charge in [-0.3, -0.25) is 4.40 Å². The van der Waals surface area contributed by atoms with E-state index in [9.17, 15) is 0 Å². The summed E-state index contributed by atoms with van der Waals surface area (Å²) in [5, 5.41) is 0. The lowest BCUT2D eigenvalue weighted by molar-refractivity contribution is 0.289. The molecule has 5 heteroatoms. The van der Waals surface area contributed by atoms with Crippen LogP contribution in [0.5, 0.6) is 5.75 Å². The van der Waals surface area contributed by atoms with Gasteiger partial charge in [-0.15, -0.1) is 0 Å². The van der Waals surface area contributed by atoms with Crippen molar-refractivity contribution in [2.45, 2.75) is 45.4 Å². The predicted octanol–water partition coefficient (Wildman–Crippen LogP) is 4.67. The van der Waals surface area contributed by atoms with Gasteiger partial charge in [0.25, 0.3) is 0 Å². The Morgan fingerprint density at radius 3 is 2.88 bits per heavy atom. The first-order valence-electron chi connectivity index (χ1n) is 9.49. The molecule has 2 aromatic heterocycles. The van der Waals surface area contributed by atoms with E-state index in [2.05, 4.69) is 35.4 Å². The van der Waals surface area contributed by atoms with E-state index >= 15 is 0 Å². The maximum Gasteiger partial charge on any atom is 0.150 e. The van der Waals surface area contributed by atoms with Gasteiger partial charge in [0, 0.05) is 23.9 Å². The van der Waals surface area contributed by atoms with Crippen molar-refractivity contribution < 1.29 is 4.74 Å². The molecule has 4 rings (SSSR count). The molecule has 0 spiro atoms. The second-order valence-electron chi connectivity index (χ2n) is 7.54. The van der Waals surface area contributed by atoms with E-state index in [0.29, 0.717) is 17.7 Å². The fourth-order valence-corrected chi connectivity index (χ4v) is 3.39. The average Bonchev–Trinajstić information content (AvgIpc) is 2.94. The molecule has 0 aliphatic heterocycles. The van der Waals surface area contributed by atoms with Crippen LogP contribution in [0.3, 0.4) is 0 Å². The molecule has 5 nitrogen and oxygen atoms in total. The van der Waals surface area contributed by atoms with Crippen molar-refractivity contribution in [3.63, 3.8) is 0 Å². The molecule has 1 saturated carbocycles. The number of benzene rings is 1. The van der Waals surface area contributed by atoms with E-state index in [-0.39, 0.29) is 0 Å². The van der Waals surface area contributed by atoms with Gasteiger partial charge in [-0.25, -0.2) is 9.97 Å². The van der Waals surface area contributed by atoms with E-state index in [1.54, 1.807) is 6.20 Å². The van der Waals surface area contributed by atoms with Crippen LogP contribution in [-0.4, -0.2) is 21.0 Å². The molecular formula is C21H26N4O. The number of aromatic nitrogens is 3. The number of hydrogen-bond donors (Lipinski definition) is 1. The summed E-state index contributed by atoms with van der Waals surface area (Å²) in [6, 6.07) is 8.13. The molecule has 1 aromatic carbocycles. The fourth-order valence-electron chi connectivity index (χ4n) is 3.39. The molecule has 3 aromatic rings. The highest BCUT2D eigenvalue weighted by atomic mass is 16.5. The molecule has 0 radical (unpaired) electrons. The van der Waals surface area contributed by atoms with Crippen LogP contribution < -0.4 is 10.5 Å². The van der Waals surface area contributed by atoms with Gasteiger partial charge in [0.15, 0.2) is 0 Å². The van der Waals surface area contributed by atoms with Crippen molar-refractivity contribution >= 4 is 11.3 Å². The Labute approximate surface area is 154 Å². The number of nitrogens with zero attached hydrogens (tertiary/aromatic N) is 3. The van der Waals surface area contributed by atoms with Crippen LogP contribution in [0.1, 0.15) is 51.3 Å². The molecule has 1 fully saturated rings. The number of rotatable bonds is 6. The van der Waals surface area contributed by atoms with Crippen molar-refractivity contribution in [3.8, 4) is 17.0 Å². The van der Waals surface area contributed by atoms with Crippen molar-refractivity contribution in [1.29, 1.82) is 0 Å². The largest absolute Gasteiger partial charge is 0.494 e. The summed E-state index contributed by atoms with van der Waals surface area (Å²) < 4.78 is 8.05. The van der Waals surface area contributed by atoms with Crippen molar-refractivity contribution in [2.24, 2.45) is 5.92 Å². The first kappa shape index (κ1) is 16.9. The maximum absolute atomic E-state index is 6.22. The van der Waals surface area contributed by atoms with Crippen LogP contribution in [0.4, 0.5) is 5.82 Å². The van der Waals surface area contributed by atoms with E-state index in [1.807, 2.05) is 18.3 Å². The third kappa shape index (κ3) is 3.14. The highest BCUT2D eigenvalue weighted by Gasteiger charge is 2.26. The minimum atomic E-state index is 0.517. The Morgan fingerprint density at radius 1 is 1.31 bits per heavy atom. The smallest absolute Gasteiger partial charge is 0.150 e. The third-order valence-electron chi connectivity index (χ3n) is 5.15. The molecule has 2 N–H and O–H groups in total. The Morgan fingerprint density at radius 2 is 2.15 bits per heavy atom. The number of ether oxygens (including phenoxy) is 1. The third-order valence-corrected chi connectivity index (χ3v) is 5.15. The van der Waals surface area contributed by atoms with E-state index in [1.165, 1.54) is 19.3 Å². The molecule has 0 saturated heterocycles. The van der Waals surface area contributed by atoms with Crippen molar-refractivity contribution in [1.82, 2.24) is 14.4 Å². The monoisotopic (exact) mass is 350 g/mol. The Kier molecular flexibility index (Phi) is 4.53. The van der Waals surface area contributed by atoms with Crippen molar-refractivity contribution in [3.05, 3.63) is 42.5 Å². The van der Waals surface area contributed by atoms with Gasteiger partial charge in [0.1, 0.15) is 28.6 Å². The second kappa shape index (κ2) is 6.98. The number of imidazole rings is 1. The lowest BCUT2D eigenvalue weighted by atomic mass is 9.85. The van der Waals surface area contributed by atoms with Crippen LogP contribution in [0.25, 0.3) is 16.8 Å². The molecule has 1 aliphatic rings. The summed E-state index contributed by atoms with van der Waals surface area (Å²) in [6.45, 7) is 5.13. The Bertz CT molecular complexity index is 912. The number of hydrogen-bond acceptors (Lipinski definition) is 4. The van der Waals surface area contributed by atoms with Crippen LogP contribution in [0.2, 0.25) is 0 Å². The Hall–Kier alpha value is -2.56. The lowest BCUT2D eigenvalue weighted by Crippen LogP contribution is -2.12. The number of nitrogens with two attached hydrogens (primary N) is 1. The van der Waals surface area contributed by atoms with E-state index in [4.69, 9.17) is 15.5 Å². The molecule has 2 heterocycles. The van der Waals surface area contributed by atoms with Gasteiger partial charge in [-0.05, 0) is 37.3 Å². The number of fused-ring (bicyclic) bond motifs is 1. The zero-order chi connectivity index (χ0) is 18.1. The topological polar surface area (TPSA) is 65.4 Å². The summed E-state index contributed by atoms with van der Waals surface area (Å²) in [5.74, 6) is 3.64. The lowest BCUT2D eigenvalue weighted by Gasteiger charge is -2.23. The second-order valence-corrected chi connectivity index (χ2v) is 7.54. The summed E-state index contributed by atoms with van der Waals surface area (Å²) >= 11 is 0. The number of nitrogen functional groups attached to an aromatic ring is 1. The minimum Gasteiger partial charge on any atom is -0.494 e. The van der Waals surface area contributed by atoms with Crippen LogP contribution in [0, 0.1) is 5.92 Å². The molecule has 0 bridgehead atoms. The summed E-state index contributed by atoms with van der Waals surface area (Å²) in [7, 11) is 0. The van der Waals surface area contributed by atoms with Crippen molar-refractivity contribution in [2.75, 3.05) is 12.3 Å². The van der Waals surface area contributed by atoms with Crippen LogP contribution in [-0.2, 0) is 0 Å². The highest BCUT2D eigenvalue weighted by Crippen LogP contribution is 2.39. The van der Waals surface area contributed by atoms with Crippen LogP contribution >= 0.6 is 0 Å². The molecule has 136 valence electrons. The molecule has 0 unspecified atom stereocenters. The number of anilines is 1. The van der Waals surface area contributed by atoms with Gasteiger partial charge < -0.3 is 10.5 Å². The predicted molar refractivity (Wildman–Crippen MR) is 104 cm³/mol. The zero-order valence-electron chi connectivity index (χ0n) is 15.5. The van der Waals surface area contributed by atoms with E-state index < -0.39 is 0 Å². The minimum absolute atomic E-state index is 0.517. The Balaban J connectivity index is 1.72. The molecule has 0 amide bonds. The van der Waals surface area contributed by atoms with Gasteiger partial charge in [0.05, 0.1) is 6.61 Å². The molecule has 1 aliphatic carbocycles. The first-order chi connectivity index (χ1) is 12.6. The quantitative estimate of drug-likeness (QED) is 0.701. The van der Waals surface area contributed by atoms with E-state index in [0.717, 1.165) is 41.4 Å². The fraction of sp³-hybridized carbons (Fsp3) is 0.429. The summed E-state index contributed by atoms with van der Waals surface area (Å²) in [6.07, 6.45) is 8.42. The SMILES string of the molecule is CC(C)CCOc1cccc(-c2nc(C3CCC3)n3ccnc(N)c23)c1. The summed E-state index contributed by atoms with van der Waals surface area (Å²) in [4.78, 5) is 9.27. The van der Waals surface area contributed by atoms with Gasteiger partial charge in [-0.2, -0.15) is 0 Å². The summed E-state index contributed by atoms with van der Waals surface area (Å²) in [5.41, 5.74) is 9.03. The molecule has 0 atom stereocenters. The standard InChI is InChI=1S/C21H26N4O/c1-14(2)9-12-26-17-8-4-7-16(13-17)18-19-20(22)23-10-11-25(19)21(24-18)15-5-3-6-15/h4,7-8,10-11,13-15H,3,5-6,9,12H2,1-2H3,(H2,22,23). The molecule has 26 heavy (non-hydrogen) atoms. The maximum atomic E-state index is 6.22. The highest BCUT2D eigenvalue weighted by molar-refractivity contribution is 5.85. The molecular weight excluding hydrogens is 324 g/mol. The van der Waals surface area contributed by atoms with Gasteiger partial charge in [-0.1, -0.05) is 32.4 Å².